The lowest BCUT2D eigenvalue weighted by atomic mass is 9.94. The van der Waals surface area contributed by atoms with Crippen molar-refractivity contribution in [1.82, 2.24) is 5.32 Å². The van der Waals surface area contributed by atoms with Crippen LogP contribution in [-0.4, -0.2) is 20.0 Å². The topological polar surface area (TPSA) is 47.6 Å². The van der Waals surface area contributed by atoms with Crippen molar-refractivity contribution in [2.45, 2.75) is 45.9 Å². The van der Waals surface area contributed by atoms with Gasteiger partial charge in [-0.25, -0.2) is 0 Å². The standard InChI is InChI=1S/C16H28NO3P/c1-7-14(13-11-9-8-10-12-13)17-15(16(2,3)4)21(18,19-5)20-6/h8-12,14-15,17H,7H2,1-6H3/t14-,15+/m0/s1. The number of hydrogen-bond acceptors (Lipinski definition) is 4. The Morgan fingerprint density at radius 1 is 1.14 bits per heavy atom. The smallest absolute Gasteiger partial charge is 0.311 e. The number of benzene rings is 1. The highest BCUT2D eigenvalue weighted by Crippen LogP contribution is 2.56. The number of nitrogens with one attached hydrogen (secondary N) is 1. The van der Waals surface area contributed by atoms with Gasteiger partial charge in [0, 0.05) is 20.3 Å². The molecule has 21 heavy (non-hydrogen) atoms. The van der Waals surface area contributed by atoms with E-state index in [-0.39, 0.29) is 17.2 Å². The highest BCUT2D eigenvalue weighted by Gasteiger charge is 2.43. The lowest BCUT2D eigenvalue weighted by Gasteiger charge is -2.37. The van der Waals surface area contributed by atoms with Gasteiger partial charge in [-0.15, -0.1) is 0 Å². The zero-order valence-corrected chi connectivity index (χ0v) is 14.8. The molecule has 0 saturated carbocycles. The van der Waals surface area contributed by atoms with E-state index >= 15 is 0 Å². The van der Waals surface area contributed by atoms with Crippen LogP contribution in [0.25, 0.3) is 0 Å². The normalized spacial score (nSPS) is 15.7. The Morgan fingerprint density at radius 2 is 1.67 bits per heavy atom. The van der Waals surface area contributed by atoms with E-state index in [1.165, 1.54) is 19.8 Å². The minimum absolute atomic E-state index is 0.106. The summed E-state index contributed by atoms with van der Waals surface area (Å²) in [5.74, 6) is -0.384. The Kier molecular flexibility index (Phi) is 6.61. The molecule has 0 fully saturated rings. The van der Waals surface area contributed by atoms with Gasteiger partial charge in [-0.1, -0.05) is 58.0 Å². The van der Waals surface area contributed by atoms with Crippen molar-refractivity contribution in [1.29, 1.82) is 0 Å². The second-order valence-corrected chi connectivity index (χ2v) is 8.54. The lowest BCUT2D eigenvalue weighted by Crippen LogP contribution is -2.42. The summed E-state index contributed by atoms with van der Waals surface area (Å²) in [5, 5.41) is 3.49. The highest BCUT2D eigenvalue weighted by atomic mass is 31.2. The predicted molar refractivity (Wildman–Crippen MR) is 87.5 cm³/mol. The van der Waals surface area contributed by atoms with Crippen molar-refractivity contribution in [2.24, 2.45) is 5.41 Å². The van der Waals surface area contributed by atoms with Gasteiger partial charge in [0.05, 0.1) is 0 Å². The van der Waals surface area contributed by atoms with E-state index in [1.807, 2.05) is 39.0 Å². The van der Waals surface area contributed by atoms with Crippen LogP contribution in [0.3, 0.4) is 0 Å². The summed E-state index contributed by atoms with van der Waals surface area (Å²) in [4.78, 5) is 0. The van der Waals surface area contributed by atoms with Gasteiger partial charge in [-0.3, -0.25) is 9.88 Å². The third-order valence-electron chi connectivity index (χ3n) is 3.61. The lowest BCUT2D eigenvalue weighted by molar-refractivity contribution is 0.210. The molecule has 0 amide bonds. The summed E-state index contributed by atoms with van der Waals surface area (Å²) in [6.07, 6.45) is 0.893. The predicted octanol–water partition coefficient (Wildman–Crippen LogP) is 4.59. The highest BCUT2D eigenvalue weighted by molar-refractivity contribution is 7.54. The summed E-state index contributed by atoms with van der Waals surface area (Å²) in [6, 6.07) is 10.3. The third-order valence-corrected chi connectivity index (χ3v) is 6.19. The van der Waals surface area contributed by atoms with E-state index in [0.717, 1.165) is 6.42 Å². The van der Waals surface area contributed by atoms with Crippen LogP contribution in [0.2, 0.25) is 0 Å². The van der Waals surface area contributed by atoms with Crippen LogP contribution in [0.5, 0.6) is 0 Å². The molecule has 5 heteroatoms. The molecule has 1 rings (SSSR count). The maximum atomic E-state index is 12.9. The molecule has 2 atom stereocenters. The number of hydrogen-bond donors (Lipinski definition) is 1. The maximum absolute atomic E-state index is 12.9. The van der Waals surface area contributed by atoms with Crippen molar-refractivity contribution in [3.05, 3.63) is 35.9 Å². The second kappa shape index (κ2) is 7.55. The molecule has 1 aromatic rings. The first-order valence-electron chi connectivity index (χ1n) is 7.30. The van der Waals surface area contributed by atoms with Gasteiger partial charge < -0.3 is 9.05 Å². The van der Waals surface area contributed by atoms with E-state index in [2.05, 4.69) is 24.4 Å². The molecular formula is C16H28NO3P. The van der Waals surface area contributed by atoms with Crippen LogP contribution in [0.4, 0.5) is 0 Å². The summed E-state index contributed by atoms with van der Waals surface area (Å²) in [6.45, 7) is 8.21. The quantitative estimate of drug-likeness (QED) is 0.748. The first kappa shape index (κ1) is 18.4. The summed E-state index contributed by atoms with van der Waals surface area (Å²) >= 11 is 0. The molecule has 0 aliphatic rings. The van der Waals surface area contributed by atoms with Gasteiger partial charge in [0.1, 0.15) is 5.78 Å². The molecular weight excluding hydrogens is 285 g/mol. The summed E-state index contributed by atoms with van der Waals surface area (Å²) in [7, 11) is -0.334. The fraction of sp³-hybridized carbons (Fsp3) is 0.625. The van der Waals surface area contributed by atoms with Gasteiger partial charge in [0.2, 0.25) is 0 Å². The third kappa shape index (κ3) is 4.65. The van der Waals surface area contributed by atoms with Gasteiger partial charge in [0.25, 0.3) is 0 Å². The molecule has 0 unspecified atom stereocenters. The van der Waals surface area contributed by atoms with Crippen LogP contribution in [0.15, 0.2) is 30.3 Å². The Hall–Kier alpha value is -0.670. The van der Waals surface area contributed by atoms with Crippen LogP contribution in [0.1, 0.15) is 45.7 Å². The summed E-state index contributed by atoms with van der Waals surface area (Å²) < 4.78 is 23.3. The van der Waals surface area contributed by atoms with Crippen molar-refractivity contribution >= 4 is 7.60 Å². The van der Waals surface area contributed by atoms with Crippen LogP contribution >= 0.6 is 7.60 Å². The molecule has 0 radical (unpaired) electrons. The summed E-state index contributed by atoms with van der Waals surface area (Å²) in [5.41, 5.74) is 0.914. The Balaban J connectivity index is 3.09. The number of rotatable bonds is 7. The molecule has 120 valence electrons. The average molecular weight is 313 g/mol. The van der Waals surface area contributed by atoms with Crippen molar-refractivity contribution in [3.8, 4) is 0 Å². The second-order valence-electron chi connectivity index (χ2n) is 6.21. The molecule has 0 heterocycles. The molecule has 0 bridgehead atoms. The van der Waals surface area contributed by atoms with Crippen LogP contribution < -0.4 is 5.32 Å². The van der Waals surface area contributed by atoms with E-state index in [1.54, 1.807) is 0 Å². The van der Waals surface area contributed by atoms with E-state index < -0.39 is 7.60 Å². The monoisotopic (exact) mass is 313 g/mol. The zero-order valence-electron chi connectivity index (χ0n) is 13.9. The van der Waals surface area contributed by atoms with E-state index in [0.29, 0.717) is 0 Å². The molecule has 0 aliphatic heterocycles. The molecule has 0 aromatic heterocycles. The Bertz CT molecular complexity index is 462. The van der Waals surface area contributed by atoms with Crippen molar-refractivity contribution in [3.63, 3.8) is 0 Å². The molecule has 0 spiro atoms. The molecule has 0 aliphatic carbocycles. The van der Waals surface area contributed by atoms with Crippen molar-refractivity contribution in [2.75, 3.05) is 14.2 Å². The maximum Gasteiger partial charge on any atom is 0.347 e. The molecule has 4 nitrogen and oxygen atoms in total. The zero-order chi connectivity index (χ0) is 16.1. The van der Waals surface area contributed by atoms with Crippen LogP contribution in [0, 0.1) is 5.41 Å². The Labute approximate surface area is 128 Å². The molecule has 1 N–H and O–H groups in total. The molecule has 0 saturated heterocycles. The van der Waals surface area contributed by atoms with Gasteiger partial charge in [-0.2, -0.15) is 0 Å². The first-order valence-corrected chi connectivity index (χ1v) is 8.92. The van der Waals surface area contributed by atoms with E-state index in [9.17, 15) is 4.57 Å². The average Bonchev–Trinajstić information content (AvgIpc) is 2.47. The molecule has 1 aromatic carbocycles. The Morgan fingerprint density at radius 3 is 2.05 bits per heavy atom. The first-order chi connectivity index (χ1) is 9.78. The van der Waals surface area contributed by atoms with E-state index in [4.69, 9.17) is 9.05 Å². The van der Waals surface area contributed by atoms with Crippen molar-refractivity contribution < 1.29 is 13.6 Å². The largest absolute Gasteiger partial charge is 0.347 e. The van der Waals surface area contributed by atoms with Crippen LogP contribution in [-0.2, 0) is 13.6 Å². The fourth-order valence-corrected chi connectivity index (χ4v) is 4.31. The van der Waals surface area contributed by atoms with Gasteiger partial charge in [-0.05, 0) is 17.4 Å². The van der Waals surface area contributed by atoms with Gasteiger partial charge in [0.15, 0.2) is 0 Å². The van der Waals surface area contributed by atoms with Gasteiger partial charge >= 0.3 is 7.60 Å². The fourth-order valence-electron chi connectivity index (χ4n) is 2.43. The minimum atomic E-state index is -3.21. The minimum Gasteiger partial charge on any atom is -0.311 e. The SMILES string of the molecule is CC[C@H](N[C@@H](C(C)(C)C)P(=O)(OC)OC)c1ccccc1.